The van der Waals surface area contributed by atoms with Crippen molar-refractivity contribution in [3.8, 4) is 11.5 Å². The molecule has 8 nitrogen and oxygen atoms in total. The van der Waals surface area contributed by atoms with Crippen molar-refractivity contribution in [2.75, 3.05) is 14.2 Å². The van der Waals surface area contributed by atoms with Crippen LogP contribution in [-0.4, -0.2) is 32.6 Å². The maximum absolute atomic E-state index is 13.3. The summed E-state index contributed by atoms with van der Waals surface area (Å²) < 4.78 is 38.4. The van der Waals surface area contributed by atoms with Crippen LogP contribution in [0.2, 0.25) is 0 Å². The van der Waals surface area contributed by atoms with Gasteiger partial charge in [-0.2, -0.15) is 0 Å². The van der Waals surface area contributed by atoms with E-state index in [0.29, 0.717) is 42.3 Å². The number of H-pyrrole nitrogens is 2. The predicted octanol–water partition coefficient (Wildman–Crippen LogP) is 3.74. The molecule has 4 rings (SSSR count). The summed E-state index contributed by atoms with van der Waals surface area (Å²) in [5.74, 6) is 0.733. The molecule has 0 radical (unpaired) electrons. The number of fused-ring (bicyclic) bond motifs is 2. The molecule has 2 N–H and O–H groups in total. The van der Waals surface area contributed by atoms with Gasteiger partial charge in [-0.05, 0) is 36.4 Å². The lowest BCUT2D eigenvalue weighted by atomic mass is 10.2. The van der Waals surface area contributed by atoms with Crippen molar-refractivity contribution in [1.82, 2.24) is 9.97 Å². The molecule has 2 aromatic carbocycles. The molecule has 0 unspecified atom stereocenters. The number of halogens is 2. The summed E-state index contributed by atoms with van der Waals surface area (Å²) in [6.45, 7) is 0. The van der Waals surface area contributed by atoms with Crippen LogP contribution in [0, 0.1) is 0 Å². The van der Waals surface area contributed by atoms with Crippen LogP contribution in [0.4, 0.5) is 0 Å². The second kappa shape index (κ2) is 7.81. The number of ether oxygens (including phenoxy) is 2. The van der Waals surface area contributed by atoms with Crippen molar-refractivity contribution in [3.63, 3.8) is 0 Å². The van der Waals surface area contributed by atoms with Gasteiger partial charge in [0.15, 0.2) is 0 Å². The van der Waals surface area contributed by atoms with E-state index in [4.69, 9.17) is 9.47 Å². The van der Waals surface area contributed by atoms with Crippen molar-refractivity contribution in [3.05, 3.63) is 66.1 Å². The van der Waals surface area contributed by atoms with E-state index in [1.165, 1.54) is 26.4 Å². The standard InChI is InChI=1S/C20H14Br2N2O6S/c1-29-13-7-11(21)3-9-5-15(19(25)23-17(9)13)31(27,28)16-6-10-4-12(22)8-14(30-2)18(10)24-20(16)26/h3-8H,1-2H3,(H,23,25)(H,24,26). The molecular weight excluding hydrogens is 556 g/mol. The fourth-order valence-corrected chi connectivity index (χ4v) is 5.60. The van der Waals surface area contributed by atoms with E-state index in [-0.39, 0.29) is 0 Å². The lowest BCUT2D eigenvalue weighted by molar-refractivity contribution is 0.418. The molecule has 0 aliphatic rings. The summed E-state index contributed by atoms with van der Waals surface area (Å²) in [5, 5.41) is 0.845. The molecule has 31 heavy (non-hydrogen) atoms. The Balaban J connectivity index is 2.01. The summed E-state index contributed by atoms with van der Waals surface area (Å²) in [4.78, 5) is 29.4. The normalized spacial score (nSPS) is 11.7. The highest BCUT2D eigenvalue weighted by atomic mass is 79.9. The molecule has 0 spiro atoms. The third-order valence-electron chi connectivity index (χ3n) is 4.71. The number of benzene rings is 2. The number of hydrogen-bond donors (Lipinski definition) is 2. The van der Waals surface area contributed by atoms with Crippen molar-refractivity contribution in [2.45, 2.75) is 9.79 Å². The van der Waals surface area contributed by atoms with E-state index in [1.807, 2.05) is 0 Å². The Labute approximate surface area is 192 Å². The van der Waals surface area contributed by atoms with Gasteiger partial charge in [-0.25, -0.2) is 8.42 Å². The maximum Gasteiger partial charge on any atom is 0.267 e. The minimum atomic E-state index is -4.45. The molecule has 2 aromatic heterocycles. The fraction of sp³-hybridized carbons (Fsp3) is 0.100. The van der Waals surface area contributed by atoms with Gasteiger partial charge in [0.2, 0.25) is 9.84 Å². The van der Waals surface area contributed by atoms with Crippen LogP contribution in [0.3, 0.4) is 0 Å². The average molecular weight is 570 g/mol. The molecule has 160 valence electrons. The number of aromatic nitrogens is 2. The largest absolute Gasteiger partial charge is 0.495 e. The van der Waals surface area contributed by atoms with Crippen molar-refractivity contribution in [2.24, 2.45) is 0 Å². The number of pyridine rings is 2. The van der Waals surface area contributed by atoms with Gasteiger partial charge in [0.1, 0.15) is 21.3 Å². The third-order valence-corrected chi connectivity index (χ3v) is 7.39. The van der Waals surface area contributed by atoms with Crippen molar-refractivity contribution >= 4 is 63.5 Å². The van der Waals surface area contributed by atoms with E-state index < -0.39 is 30.7 Å². The van der Waals surface area contributed by atoms with Crippen molar-refractivity contribution < 1.29 is 17.9 Å². The van der Waals surface area contributed by atoms with Gasteiger partial charge in [0, 0.05) is 19.7 Å². The Bertz CT molecular complexity index is 1480. The second-order valence-corrected chi connectivity index (χ2v) is 10.3. The number of nitrogens with one attached hydrogen (secondary N) is 2. The molecule has 0 bridgehead atoms. The Morgan fingerprint density at radius 3 is 1.45 bits per heavy atom. The topological polar surface area (TPSA) is 118 Å². The second-order valence-electron chi connectivity index (χ2n) is 6.57. The lowest BCUT2D eigenvalue weighted by Crippen LogP contribution is -2.23. The Morgan fingerprint density at radius 1 is 0.710 bits per heavy atom. The molecule has 4 aromatic rings. The average Bonchev–Trinajstić information content (AvgIpc) is 2.72. The predicted molar refractivity (Wildman–Crippen MR) is 123 cm³/mol. The lowest BCUT2D eigenvalue weighted by Gasteiger charge is -2.10. The van der Waals surface area contributed by atoms with Crippen molar-refractivity contribution in [1.29, 1.82) is 0 Å². The Kier molecular flexibility index (Phi) is 5.44. The summed E-state index contributed by atoms with van der Waals surface area (Å²) in [6, 6.07) is 9.01. The van der Waals surface area contributed by atoms with Gasteiger partial charge in [-0.3, -0.25) is 9.59 Å². The zero-order valence-electron chi connectivity index (χ0n) is 16.1. The van der Waals surface area contributed by atoms with Gasteiger partial charge in [0.05, 0.1) is 25.3 Å². The summed E-state index contributed by atoms with van der Waals surface area (Å²) >= 11 is 6.66. The SMILES string of the molecule is COc1cc(Br)cc2cc(S(=O)(=O)c3cc4cc(Br)cc(OC)c4[nH]c3=O)c(=O)[nH]c12. The van der Waals surface area contributed by atoms with Crippen LogP contribution in [0.5, 0.6) is 11.5 Å². The van der Waals surface area contributed by atoms with Gasteiger partial charge in [-0.1, -0.05) is 31.9 Å². The van der Waals surface area contributed by atoms with E-state index in [9.17, 15) is 18.0 Å². The van der Waals surface area contributed by atoms with Crippen LogP contribution < -0.4 is 20.6 Å². The van der Waals surface area contributed by atoms with E-state index in [0.717, 1.165) is 0 Å². The highest BCUT2D eigenvalue weighted by Gasteiger charge is 2.27. The van der Waals surface area contributed by atoms with Gasteiger partial charge in [0.25, 0.3) is 11.1 Å². The van der Waals surface area contributed by atoms with Gasteiger partial charge in [-0.15, -0.1) is 0 Å². The molecule has 11 heteroatoms. The number of rotatable bonds is 4. The highest BCUT2D eigenvalue weighted by molar-refractivity contribution is 9.10. The summed E-state index contributed by atoms with van der Waals surface area (Å²) in [5.41, 5.74) is -1.04. The Morgan fingerprint density at radius 2 is 1.10 bits per heavy atom. The molecule has 0 atom stereocenters. The number of aromatic amines is 2. The zero-order valence-corrected chi connectivity index (χ0v) is 20.1. The summed E-state index contributed by atoms with van der Waals surface area (Å²) in [6.07, 6.45) is 0. The summed E-state index contributed by atoms with van der Waals surface area (Å²) in [7, 11) is -1.58. The van der Waals surface area contributed by atoms with E-state index in [1.54, 1.807) is 24.3 Å². The number of sulfone groups is 1. The monoisotopic (exact) mass is 568 g/mol. The molecule has 0 saturated heterocycles. The first-order valence-electron chi connectivity index (χ1n) is 8.72. The molecule has 2 heterocycles. The highest BCUT2D eigenvalue weighted by Crippen LogP contribution is 2.31. The van der Waals surface area contributed by atoms with Crippen LogP contribution in [0.15, 0.2) is 64.7 Å². The van der Waals surface area contributed by atoms with Crippen LogP contribution in [-0.2, 0) is 9.84 Å². The number of hydrogen-bond acceptors (Lipinski definition) is 6. The van der Waals surface area contributed by atoms with Gasteiger partial charge < -0.3 is 19.4 Å². The first kappa shape index (κ1) is 21.6. The molecule has 0 fully saturated rings. The fourth-order valence-electron chi connectivity index (χ4n) is 3.30. The number of methoxy groups -OCH3 is 2. The molecule has 0 amide bonds. The quantitative estimate of drug-likeness (QED) is 0.386. The first-order chi connectivity index (χ1) is 14.6. The van der Waals surface area contributed by atoms with E-state index >= 15 is 0 Å². The first-order valence-corrected chi connectivity index (χ1v) is 11.8. The Hall–Kier alpha value is -2.63. The molecular formula is C20H14Br2N2O6S. The zero-order chi connectivity index (χ0) is 22.5. The minimum absolute atomic E-state index is 0.343. The molecule has 0 saturated carbocycles. The van der Waals surface area contributed by atoms with E-state index in [2.05, 4.69) is 41.8 Å². The van der Waals surface area contributed by atoms with Gasteiger partial charge >= 0.3 is 0 Å². The molecule has 0 aliphatic carbocycles. The van der Waals surface area contributed by atoms with Crippen LogP contribution >= 0.6 is 31.9 Å². The smallest absolute Gasteiger partial charge is 0.267 e. The minimum Gasteiger partial charge on any atom is -0.495 e. The third kappa shape index (κ3) is 3.66. The maximum atomic E-state index is 13.3. The molecule has 0 aliphatic heterocycles. The van der Waals surface area contributed by atoms with Crippen LogP contribution in [0.25, 0.3) is 21.8 Å². The van der Waals surface area contributed by atoms with Crippen LogP contribution in [0.1, 0.15) is 0 Å².